The Balaban J connectivity index is 1.71. The fraction of sp³-hybridized carbons (Fsp3) is 0.200. The third-order valence-electron chi connectivity index (χ3n) is 4.70. The van der Waals surface area contributed by atoms with Gasteiger partial charge in [0.25, 0.3) is 5.56 Å². The van der Waals surface area contributed by atoms with Gasteiger partial charge in [-0.2, -0.15) is 0 Å². The summed E-state index contributed by atoms with van der Waals surface area (Å²) in [6, 6.07) is 9.78. The highest BCUT2D eigenvalue weighted by Gasteiger charge is 2.18. The number of rotatable bonds is 4. The molecule has 148 valence electrons. The van der Waals surface area contributed by atoms with Gasteiger partial charge in [-0.05, 0) is 31.2 Å². The average molecular weight is 394 g/mol. The predicted molar refractivity (Wildman–Crippen MR) is 104 cm³/mol. The molecular formula is C20H18N4O5. The molecule has 0 spiro atoms. The first-order valence-corrected chi connectivity index (χ1v) is 8.78. The number of methoxy groups -OCH3 is 1. The molecule has 2 aromatic heterocycles. The molecule has 0 saturated heterocycles. The number of carbonyl (C=O) groups excluding carboxylic acids is 1. The van der Waals surface area contributed by atoms with Gasteiger partial charge in [0.2, 0.25) is 5.78 Å². The number of benzene rings is 2. The van der Waals surface area contributed by atoms with Gasteiger partial charge in [-0.1, -0.05) is 11.6 Å². The second kappa shape index (κ2) is 6.93. The Kier molecular flexibility index (Phi) is 4.42. The second-order valence-corrected chi connectivity index (χ2v) is 6.60. The number of fused-ring (bicyclic) bond motifs is 3. The zero-order valence-electron chi connectivity index (χ0n) is 16.0. The standard InChI is InChI=1S/C20H18N4O5/c1-11-4-7-15-14(8-11)18(26)23(2)20-22-21-17(24(15)20)10-29-19(27)13-6-5-12(28-3)9-16(13)25/h4-9,25H,10H2,1-3H3. The molecule has 0 saturated carbocycles. The first-order chi connectivity index (χ1) is 13.9. The molecule has 9 nitrogen and oxygen atoms in total. The second-order valence-electron chi connectivity index (χ2n) is 6.60. The van der Waals surface area contributed by atoms with E-state index in [0.29, 0.717) is 28.3 Å². The van der Waals surface area contributed by atoms with E-state index in [4.69, 9.17) is 9.47 Å². The number of ether oxygens (including phenoxy) is 2. The van der Waals surface area contributed by atoms with Crippen LogP contribution in [0.5, 0.6) is 11.5 Å². The Bertz CT molecular complexity index is 1320. The number of esters is 1. The third-order valence-corrected chi connectivity index (χ3v) is 4.70. The van der Waals surface area contributed by atoms with E-state index < -0.39 is 5.97 Å². The lowest BCUT2D eigenvalue weighted by atomic mass is 10.1. The third kappa shape index (κ3) is 3.06. The van der Waals surface area contributed by atoms with E-state index in [1.54, 1.807) is 23.6 Å². The van der Waals surface area contributed by atoms with Crippen molar-refractivity contribution in [2.24, 2.45) is 7.05 Å². The highest BCUT2D eigenvalue weighted by molar-refractivity contribution is 5.92. The summed E-state index contributed by atoms with van der Waals surface area (Å²) in [5.74, 6) is 0.149. The first-order valence-electron chi connectivity index (χ1n) is 8.78. The van der Waals surface area contributed by atoms with E-state index >= 15 is 0 Å². The number of carbonyl (C=O) groups is 1. The van der Waals surface area contributed by atoms with Crippen molar-refractivity contribution in [3.8, 4) is 11.5 Å². The summed E-state index contributed by atoms with van der Waals surface area (Å²) in [5, 5.41) is 18.7. The number of phenols is 1. The van der Waals surface area contributed by atoms with Crippen LogP contribution in [0.15, 0.2) is 41.2 Å². The van der Waals surface area contributed by atoms with Gasteiger partial charge in [0.1, 0.15) is 17.1 Å². The van der Waals surface area contributed by atoms with Crippen molar-refractivity contribution in [2.75, 3.05) is 7.11 Å². The predicted octanol–water partition coefficient (Wildman–Crippen LogP) is 1.96. The van der Waals surface area contributed by atoms with Gasteiger partial charge < -0.3 is 14.6 Å². The summed E-state index contributed by atoms with van der Waals surface area (Å²) in [5.41, 5.74) is 1.39. The van der Waals surface area contributed by atoms with Gasteiger partial charge in [-0.15, -0.1) is 10.2 Å². The minimum atomic E-state index is -0.716. The molecule has 4 aromatic rings. The molecule has 0 atom stereocenters. The van der Waals surface area contributed by atoms with Crippen LogP contribution in [-0.4, -0.2) is 37.4 Å². The summed E-state index contributed by atoms with van der Waals surface area (Å²) in [6.45, 7) is 1.71. The van der Waals surface area contributed by atoms with Crippen LogP contribution in [-0.2, 0) is 18.4 Å². The Morgan fingerprint density at radius 3 is 2.69 bits per heavy atom. The Morgan fingerprint density at radius 1 is 1.17 bits per heavy atom. The largest absolute Gasteiger partial charge is 0.507 e. The van der Waals surface area contributed by atoms with Gasteiger partial charge >= 0.3 is 5.97 Å². The van der Waals surface area contributed by atoms with Crippen LogP contribution in [0, 0.1) is 6.92 Å². The molecular weight excluding hydrogens is 376 g/mol. The summed E-state index contributed by atoms with van der Waals surface area (Å²) in [7, 11) is 3.07. The van der Waals surface area contributed by atoms with Gasteiger partial charge in [-0.25, -0.2) is 4.79 Å². The van der Waals surface area contributed by atoms with Crippen LogP contribution < -0.4 is 10.3 Å². The number of hydrogen-bond donors (Lipinski definition) is 1. The van der Waals surface area contributed by atoms with Crippen molar-refractivity contribution in [3.63, 3.8) is 0 Å². The van der Waals surface area contributed by atoms with Crippen LogP contribution in [0.3, 0.4) is 0 Å². The number of aromatic nitrogens is 4. The molecule has 2 heterocycles. The fourth-order valence-corrected chi connectivity index (χ4v) is 3.17. The molecule has 0 fully saturated rings. The lowest BCUT2D eigenvalue weighted by Gasteiger charge is -2.10. The maximum Gasteiger partial charge on any atom is 0.342 e. The zero-order chi connectivity index (χ0) is 20.7. The van der Waals surface area contributed by atoms with Crippen molar-refractivity contribution in [1.29, 1.82) is 0 Å². The minimum absolute atomic E-state index is 0.00695. The van der Waals surface area contributed by atoms with Crippen LogP contribution in [0.2, 0.25) is 0 Å². The highest BCUT2D eigenvalue weighted by Crippen LogP contribution is 2.24. The van der Waals surface area contributed by atoms with Crippen molar-refractivity contribution >= 4 is 22.6 Å². The van der Waals surface area contributed by atoms with Crippen LogP contribution >= 0.6 is 0 Å². The summed E-state index contributed by atoms with van der Waals surface area (Å²) >= 11 is 0. The molecule has 0 aliphatic heterocycles. The van der Waals surface area contributed by atoms with Crippen molar-refractivity contribution < 1.29 is 19.4 Å². The first kappa shape index (κ1) is 18.5. The molecule has 0 radical (unpaired) electrons. The number of hydrogen-bond acceptors (Lipinski definition) is 7. The van der Waals surface area contributed by atoms with Crippen molar-refractivity contribution in [3.05, 3.63) is 63.7 Å². The van der Waals surface area contributed by atoms with Gasteiger partial charge in [-0.3, -0.25) is 13.8 Å². The topological polar surface area (TPSA) is 108 Å². The van der Waals surface area contributed by atoms with Crippen molar-refractivity contribution in [1.82, 2.24) is 19.2 Å². The summed E-state index contributed by atoms with van der Waals surface area (Å²) in [4.78, 5) is 25.0. The Labute approximate surface area is 164 Å². The molecule has 0 amide bonds. The van der Waals surface area contributed by atoms with E-state index in [9.17, 15) is 14.7 Å². The summed E-state index contributed by atoms with van der Waals surface area (Å²) in [6.07, 6.45) is 0. The normalized spacial score (nSPS) is 11.1. The highest BCUT2D eigenvalue weighted by atomic mass is 16.5. The van der Waals surface area contributed by atoms with E-state index in [1.165, 1.54) is 23.8 Å². The van der Waals surface area contributed by atoms with Crippen LogP contribution in [0.4, 0.5) is 0 Å². The molecule has 4 rings (SSSR count). The molecule has 0 aliphatic rings. The number of phenolic OH excluding ortho intramolecular Hbond substituents is 1. The monoisotopic (exact) mass is 394 g/mol. The number of aromatic hydroxyl groups is 1. The maximum absolute atomic E-state index is 12.6. The molecule has 1 N–H and O–H groups in total. The SMILES string of the molecule is COc1ccc(C(=O)OCc2nnc3n(C)c(=O)c4cc(C)ccc4n23)c(O)c1. The van der Waals surface area contributed by atoms with Gasteiger partial charge in [0, 0.05) is 13.1 Å². The van der Waals surface area contributed by atoms with Gasteiger partial charge in [0.15, 0.2) is 12.4 Å². The smallest absolute Gasteiger partial charge is 0.342 e. The molecule has 0 unspecified atom stereocenters. The summed E-state index contributed by atoms with van der Waals surface area (Å²) < 4.78 is 13.4. The van der Waals surface area contributed by atoms with E-state index in [-0.39, 0.29) is 23.5 Å². The van der Waals surface area contributed by atoms with Crippen LogP contribution in [0.25, 0.3) is 16.7 Å². The van der Waals surface area contributed by atoms with Crippen LogP contribution in [0.1, 0.15) is 21.7 Å². The molecule has 0 aliphatic carbocycles. The lowest BCUT2D eigenvalue weighted by molar-refractivity contribution is 0.0458. The molecule has 2 aromatic carbocycles. The number of nitrogens with zero attached hydrogens (tertiary/aromatic N) is 4. The quantitative estimate of drug-likeness (QED) is 0.527. The fourth-order valence-electron chi connectivity index (χ4n) is 3.17. The average Bonchev–Trinajstić information content (AvgIpc) is 3.14. The zero-order valence-corrected chi connectivity index (χ0v) is 16.0. The van der Waals surface area contributed by atoms with E-state index in [1.807, 2.05) is 19.1 Å². The van der Waals surface area contributed by atoms with E-state index in [2.05, 4.69) is 10.2 Å². The lowest BCUT2D eigenvalue weighted by Crippen LogP contribution is -2.20. The van der Waals surface area contributed by atoms with Crippen molar-refractivity contribution in [2.45, 2.75) is 13.5 Å². The number of aryl methyl sites for hydroxylation is 2. The van der Waals surface area contributed by atoms with Gasteiger partial charge in [0.05, 0.1) is 18.0 Å². The molecule has 0 bridgehead atoms. The maximum atomic E-state index is 12.6. The molecule has 9 heteroatoms. The van der Waals surface area contributed by atoms with E-state index in [0.717, 1.165) is 5.56 Å². The molecule has 29 heavy (non-hydrogen) atoms. The Hall–Kier alpha value is -3.88. The minimum Gasteiger partial charge on any atom is -0.507 e. The Morgan fingerprint density at radius 2 is 1.97 bits per heavy atom.